The van der Waals surface area contributed by atoms with Crippen molar-refractivity contribution in [2.45, 2.75) is 13.5 Å². The molecular formula is C17H15N5O2S. The second kappa shape index (κ2) is 5.82. The van der Waals surface area contributed by atoms with Crippen molar-refractivity contribution in [3.63, 3.8) is 0 Å². The molecule has 0 unspecified atom stereocenters. The largest absolute Gasteiger partial charge is 0.379 e. The lowest BCUT2D eigenvalue weighted by atomic mass is 10.2. The van der Waals surface area contributed by atoms with Gasteiger partial charge < -0.3 is 9.88 Å². The SMILES string of the molecule is Cc1cn2c(=O)cc(CNc3ccc4c(=O)n(C)cnc4c3)nc2s1. The van der Waals surface area contributed by atoms with E-state index in [0.717, 1.165) is 10.6 Å². The number of benzene rings is 1. The van der Waals surface area contributed by atoms with E-state index >= 15 is 0 Å². The van der Waals surface area contributed by atoms with E-state index in [1.54, 1.807) is 23.7 Å². The fourth-order valence-corrected chi connectivity index (χ4v) is 3.51. The van der Waals surface area contributed by atoms with Crippen LogP contribution >= 0.6 is 11.3 Å². The maximum absolute atomic E-state index is 12.1. The first kappa shape index (κ1) is 15.5. The lowest BCUT2D eigenvalue weighted by molar-refractivity contribution is 0.843. The van der Waals surface area contributed by atoms with E-state index in [4.69, 9.17) is 0 Å². The molecule has 0 atom stereocenters. The number of hydrogen-bond acceptors (Lipinski definition) is 6. The van der Waals surface area contributed by atoms with E-state index in [1.807, 2.05) is 19.1 Å². The van der Waals surface area contributed by atoms with E-state index in [-0.39, 0.29) is 11.1 Å². The number of rotatable bonds is 3. The molecule has 0 spiro atoms. The Morgan fingerprint density at radius 2 is 2.08 bits per heavy atom. The zero-order valence-electron chi connectivity index (χ0n) is 13.7. The minimum Gasteiger partial charge on any atom is -0.379 e. The van der Waals surface area contributed by atoms with Gasteiger partial charge in [-0.05, 0) is 25.1 Å². The second-order valence-corrected chi connectivity index (χ2v) is 7.04. The quantitative estimate of drug-likeness (QED) is 0.609. The molecule has 0 aliphatic heterocycles. The summed E-state index contributed by atoms with van der Waals surface area (Å²) in [6, 6.07) is 6.92. The topological polar surface area (TPSA) is 81.3 Å². The molecule has 0 aliphatic rings. The van der Waals surface area contributed by atoms with Crippen molar-refractivity contribution in [3.05, 3.63) is 68.1 Å². The van der Waals surface area contributed by atoms with Gasteiger partial charge in [-0.1, -0.05) is 0 Å². The van der Waals surface area contributed by atoms with Crippen LogP contribution < -0.4 is 16.4 Å². The van der Waals surface area contributed by atoms with Gasteiger partial charge in [-0.2, -0.15) is 0 Å². The second-order valence-electron chi connectivity index (χ2n) is 5.83. The Bertz CT molecular complexity index is 1220. The van der Waals surface area contributed by atoms with Crippen LogP contribution in [-0.2, 0) is 13.6 Å². The maximum Gasteiger partial charge on any atom is 0.260 e. The zero-order chi connectivity index (χ0) is 17.6. The van der Waals surface area contributed by atoms with E-state index in [2.05, 4.69) is 15.3 Å². The first-order chi connectivity index (χ1) is 12.0. The summed E-state index contributed by atoms with van der Waals surface area (Å²) in [7, 11) is 1.67. The Labute approximate surface area is 146 Å². The van der Waals surface area contributed by atoms with Gasteiger partial charge in [0.15, 0.2) is 4.96 Å². The van der Waals surface area contributed by atoms with E-state index in [0.29, 0.717) is 28.1 Å². The standard InChI is InChI=1S/C17H15N5O2S/c1-10-8-22-15(23)6-12(20-17(22)25-10)7-18-11-3-4-13-14(5-11)19-9-21(2)16(13)24/h3-6,8-9,18H,7H2,1-2H3. The van der Waals surface area contributed by atoms with Gasteiger partial charge in [0.2, 0.25) is 0 Å². The lowest BCUT2D eigenvalue weighted by Gasteiger charge is -2.07. The molecule has 0 saturated heterocycles. The number of aryl methyl sites for hydroxylation is 2. The molecule has 25 heavy (non-hydrogen) atoms. The van der Waals surface area contributed by atoms with Gasteiger partial charge in [-0.3, -0.25) is 14.0 Å². The van der Waals surface area contributed by atoms with Gasteiger partial charge in [0, 0.05) is 29.9 Å². The third-order valence-corrected chi connectivity index (χ3v) is 4.83. The van der Waals surface area contributed by atoms with E-state index in [9.17, 15) is 9.59 Å². The van der Waals surface area contributed by atoms with Crippen LogP contribution in [0.4, 0.5) is 5.69 Å². The van der Waals surface area contributed by atoms with Crippen LogP contribution in [0.1, 0.15) is 10.6 Å². The summed E-state index contributed by atoms with van der Waals surface area (Å²) in [5.74, 6) is 0. The Hall–Kier alpha value is -3.00. The summed E-state index contributed by atoms with van der Waals surface area (Å²) in [5, 5.41) is 3.80. The number of thiazole rings is 1. The van der Waals surface area contributed by atoms with Crippen LogP contribution in [0, 0.1) is 6.92 Å². The van der Waals surface area contributed by atoms with Crippen molar-refractivity contribution in [1.29, 1.82) is 0 Å². The minimum atomic E-state index is -0.0881. The first-order valence-electron chi connectivity index (χ1n) is 7.69. The van der Waals surface area contributed by atoms with Gasteiger partial charge in [-0.25, -0.2) is 9.97 Å². The molecule has 0 saturated carbocycles. The molecular weight excluding hydrogens is 338 g/mol. The molecule has 0 bridgehead atoms. The molecule has 8 heteroatoms. The van der Waals surface area contributed by atoms with Crippen LogP contribution in [0.25, 0.3) is 15.9 Å². The molecule has 0 aliphatic carbocycles. The number of hydrogen-bond donors (Lipinski definition) is 1. The average Bonchev–Trinajstić information content (AvgIpc) is 2.97. The molecule has 1 N–H and O–H groups in total. The number of nitrogens with zero attached hydrogens (tertiary/aromatic N) is 4. The molecule has 1 aromatic carbocycles. The predicted molar refractivity (Wildman–Crippen MR) is 98.4 cm³/mol. The average molecular weight is 353 g/mol. The first-order valence-corrected chi connectivity index (χ1v) is 8.51. The molecule has 3 heterocycles. The van der Waals surface area contributed by atoms with Crippen LogP contribution in [0.5, 0.6) is 0 Å². The van der Waals surface area contributed by atoms with Crippen molar-refractivity contribution in [1.82, 2.24) is 18.9 Å². The molecule has 0 fully saturated rings. The monoisotopic (exact) mass is 353 g/mol. The van der Waals surface area contributed by atoms with Gasteiger partial charge >= 0.3 is 0 Å². The number of nitrogens with one attached hydrogen (secondary N) is 1. The number of aromatic nitrogens is 4. The summed E-state index contributed by atoms with van der Waals surface area (Å²) in [4.78, 5) is 34.7. The molecule has 7 nitrogen and oxygen atoms in total. The molecule has 0 radical (unpaired) electrons. The molecule has 0 amide bonds. The maximum atomic E-state index is 12.1. The van der Waals surface area contributed by atoms with Gasteiger partial charge in [-0.15, -0.1) is 11.3 Å². The van der Waals surface area contributed by atoms with Crippen molar-refractivity contribution in [3.8, 4) is 0 Å². The highest BCUT2D eigenvalue weighted by Crippen LogP contribution is 2.16. The highest BCUT2D eigenvalue weighted by atomic mass is 32.1. The number of anilines is 1. The third-order valence-electron chi connectivity index (χ3n) is 3.93. The summed E-state index contributed by atoms with van der Waals surface area (Å²) in [6.45, 7) is 2.36. The Balaban J connectivity index is 1.63. The van der Waals surface area contributed by atoms with E-state index in [1.165, 1.54) is 28.3 Å². The fraction of sp³-hybridized carbons (Fsp3) is 0.176. The van der Waals surface area contributed by atoms with Gasteiger partial charge in [0.05, 0.1) is 29.5 Å². The number of fused-ring (bicyclic) bond motifs is 2. The zero-order valence-corrected chi connectivity index (χ0v) is 14.5. The molecule has 3 aromatic heterocycles. The van der Waals surface area contributed by atoms with Crippen molar-refractivity contribution in [2.24, 2.45) is 7.05 Å². The highest BCUT2D eigenvalue weighted by Gasteiger charge is 2.07. The van der Waals surface area contributed by atoms with Crippen molar-refractivity contribution in [2.75, 3.05) is 5.32 Å². The Morgan fingerprint density at radius 1 is 1.24 bits per heavy atom. The Kier molecular flexibility index (Phi) is 3.61. The van der Waals surface area contributed by atoms with Crippen molar-refractivity contribution < 1.29 is 0 Å². The normalized spacial score (nSPS) is 11.3. The smallest absolute Gasteiger partial charge is 0.260 e. The Morgan fingerprint density at radius 3 is 2.92 bits per heavy atom. The van der Waals surface area contributed by atoms with Crippen LogP contribution in [0.15, 0.2) is 46.4 Å². The molecule has 4 aromatic rings. The summed E-state index contributed by atoms with van der Waals surface area (Å²) in [6.07, 6.45) is 3.30. The minimum absolute atomic E-state index is 0.0789. The van der Waals surface area contributed by atoms with Crippen LogP contribution in [-0.4, -0.2) is 18.9 Å². The van der Waals surface area contributed by atoms with Crippen LogP contribution in [0.2, 0.25) is 0 Å². The van der Waals surface area contributed by atoms with Gasteiger partial charge in [0.25, 0.3) is 11.1 Å². The van der Waals surface area contributed by atoms with Crippen LogP contribution in [0.3, 0.4) is 0 Å². The summed E-state index contributed by atoms with van der Waals surface area (Å²) >= 11 is 1.48. The van der Waals surface area contributed by atoms with E-state index < -0.39 is 0 Å². The predicted octanol–water partition coefficient (Wildman–Crippen LogP) is 1.92. The lowest BCUT2D eigenvalue weighted by Crippen LogP contribution is -2.17. The third kappa shape index (κ3) is 2.80. The fourth-order valence-electron chi connectivity index (χ4n) is 2.66. The van der Waals surface area contributed by atoms with Gasteiger partial charge in [0.1, 0.15) is 0 Å². The highest BCUT2D eigenvalue weighted by molar-refractivity contribution is 7.16. The summed E-state index contributed by atoms with van der Waals surface area (Å²) in [5.41, 5.74) is 1.95. The van der Waals surface area contributed by atoms with Crippen molar-refractivity contribution >= 4 is 32.9 Å². The molecule has 126 valence electrons. The summed E-state index contributed by atoms with van der Waals surface area (Å²) < 4.78 is 3.00. The molecule has 4 rings (SSSR count).